The van der Waals surface area contributed by atoms with Crippen molar-refractivity contribution >= 4 is 39.1 Å². The number of anilines is 1. The van der Waals surface area contributed by atoms with Crippen LogP contribution in [0, 0.1) is 0 Å². The molecule has 3 rings (SSSR count). The topological polar surface area (TPSA) is 95.6 Å². The van der Waals surface area contributed by atoms with Gasteiger partial charge in [-0.3, -0.25) is 9.59 Å². The number of hydrogen-bond acceptors (Lipinski definition) is 4. The minimum Gasteiger partial charge on any atom is -0.347 e. The molecule has 1 aliphatic rings. The number of halogens is 1. The molecular formula is C23H28ClN3O4S. The molecule has 32 heavy (non-hydrogen) atoms. The zero-order valence-corrected chi connectivity index (χ0v) is 20.0. The van der Waals surface area contributed by atoms with Crippen molar-refractivity contribution in [3.05, 3.63) is 58.6 Å². The number of piperidine rings is 1. The molecule has 1 fully saturated rings. The van der Waals surface area contributed by atoms with E-state index in [0.717, 1.165) is 19.3 Å². The molecule has 9 heteroatoms. The van der Waals surface area contributed by atoms with Crippen LogP contribution < -0.4 is 10.6 Å². The fourth-order valence-corrected chi connectivity index (χ4v) is 5.23. The number of rotatable bonds is 5. The van der Waals surface area contributed by atoms with Crippen molar-refractivity contribution in [1.82, 2.24) is 9.62 Å². The van der Waals surface area contributed by atoms with Gasteiger partial charge in [0.05, 0.1) is 26.7 Å². The summed E-state index contributed by atoms with van der Waals surface area (Å²) < 4.78 is 27.5. The summed E-state index contributed by atoms with van der Waals surface area (Å²) >= 11 is 6.23. The summed E-state index contributed by atoms with van der Waals surface area (Å²) in [4.78, 5) is 25.7. The first-order valence-electron chi connectivity index (χ1n) is 10.5. The average molecular weight is 478 g/mol. The predicted octanol–water partition coefficient (Wildman–Crippen LogP) is 4.30. The number of para-hydroxylation sites is 1. The second-order valence-corrected chi connectivity index (χ2v) is 11.2. The Hall–Kier alpha value is -2.42. The van der Waals surface area contributed by atoms with Gasteiger partial charge >= 0.3 is 0 Å². The van der Waals surface area contributed by atoms with E-state index in [-0.39, 0.29) is 21.4 Å². The van der Waals surface area contributed by atoms with Crippen LogP contribution in [0.4, 0.5) is 5.69 Å². The lowest BCUT2D eigenvalue weighted by atomic mass is 10.1. The number of carbonyl (C=O) groups is 2. The summed E-state index contributed by atoms with van der Waals surface area (Å²) in [7, 11) is -3.72. The Morgan fingerprint density at radius 3 is 2.25 bits per heavy atom. The molecule has 7 nitrogen and oxygen atoms in total. The minimum absolute atomic E-state index is 0.0210. The molecule has 0 aliphatic carbocycles. The second-order valence-electron chi connectivity index (χ2n) is 8.81. The van der Waals surface area contributed by atoms with Crippen molar-refractivity contribution in [2.24, 2.45) is 0 Å². The molecular weight excluding hydrogens is 450 g/mol. The van der Waals surface area contributed by atoms with Gasteiger partial charge in [0, 0.05) is 18.6 Å². The normalized spacial score (nSPS) is 15.2. The lowest BCUT2D eigenvalue weighted by Gasteiger charge is -2.26. The monoisotopic (exact) mass is 477 g/mol. The number of carbonyl (C=O) groups excluding carboxylic acids is 2. The van der Waals surface area contributed by atoms with E-state index in [9.17, 15) is 18.0 Å². The Morgan fingerprint density at radius 2 is 1.59 bits per heavy atom. The van der Waals surface area contributed by atoms with Gasteiger partial charge in [-0.2, -0.15) is 4.31 Å². The summed E-state index contributed by atoms with van der Waals surface area (Å²) in [5.74, 6) is -0.928. The highest BCUT2D eigenvalue weighted by Gasteiger charge is 2.27. The summed E-state index contributed by atoms with van der Waals surface area (Å²) in [6, 6.07) is 10.7. The highest BCUT2D eigenvalue weighted by Crippen LogP contribution is 2.26. The van der Waals surface area contributed by atoms with Gasteiger partial charge in [-0.15, -0.1) is 0 Å². The highest BCUT2D eigenvalue weighted by atomic mass is 35.5. The summed E-state index contributed by atoms with van der Waals surface area (Å²) in [6.07, 6.45) is 2.63. The van der Waals surface area contributed by atoms with Crippen LogP contribution in [0.25, 0.3) is 0 Å². The third kappa shape index (κ3) is 5.68. The minimum atomic E-state index is -3.72. The van der Waals surface area contributed by atoms with Crippen LogP contribution in [0.2, 0.25) is 5.02 Å². The fourth-order valence-electron chi connectivity index (χ4n) is 3.48. The smallest absolute Gasteiger partial charge is 0.257 e. The van der Waals surface area contributed by atoms with Crippen LogP contribution in [0.3, 0.4) is 0 Å². The molecule has 2 aromatic rings. The van der Waals surface area contributed by atoms with Crippen LogP contribution >= 0.6 is 11.6 Å². The van der Waals surface area contributed by atoms with Gasteiger partial charge in [-0.25, -0.2) is 8.42 Å². The molecule has 0 bridgehead atoms. The molecule has 2 aromatic carbocycles. The quantitative estimate of drug-likeness (QED) is 0.671. The third-order valence-corrected chi connectivity index (χ3v) is 7.27. The van der Waals surface area contributed by atoms with E-state index in [2.05, 4.69) is 10.6 Å². The van der Waals surface area contributed by atoms with E-state index in [4.69, 9.17) is 11.6 Å². The highest BCUT2D eigenvalue weighted by molar-refractivity contribution is 7.89. The molecule has 2 amide bonds. The molecule has 0 spiro atoms. The van der Waals surface area contributed by atoms with E-state index in [0.29, 0.717) is 24.3 Å². The Labute approximate surface area is 194 Å². The van der Waals surface area contributed by atoms with E-state index < -0.39 is 21.5 Å². The van der Waals surface area contributed by atoms with E-state index in [1.54, 1.807) is 24.3 Å². The summed E-state index contributed by atoms with van der Waals surface area (Å²) in [6.45, 7) is 6.51. The first-order chi connectivity index (χ1) is 15.0. The number of nitrogens with one attached hydrogen (secondary N) is 2. The van der Waals surface area contributed by atoms with Gasteiger partial charge in [0.25, 0.3) is 11.8 Å². The van der Waals surface area contributed by atoms with Gasteiger partial charge < -0.3 is 10.6 Å². The van der Waals surface area contributed by atoms with Crippen LogP contribution in [0.15, 0.2) is 47.4 Å². The van der Waals surface area contributed by atoms with Crippen molar-refractivity contribution in [3.8, 4) is 0 Å². The Bertz CT molecular complexity index is 1120. The lowest BCUT2D eigenvalue weighted by molar-refractivity contribution is 0.0920. The Morgan fingerprint density at radius 1 is 0.938 bits per heavy atom. The van der Waals surface area contributed by atoms with Gasteiger partial charge in [-0.05, 0) is 63.9 Å². The molecule has 0 unspecified atom stereocenters. The number of amides is 2. The van der Waals surface area contributed by atoms with Crippen molar-refractivity contribution < 1.29 is 18.0 Å². The van der Waals surface area contributed by atoms with Gasteiger partial charge in [0.15, 0.2) is 0 Å². The van der Waals surface area contributed by atoms with Crippen molar-refractivity contribution in [1.29, 1.82) is 0 Å². The van der Waals surface area contributed by atoms with E-state index in [1.165, 1.54) is 22.5 Å². The van der Waals surface area contributed by atoms with Gasteiger partial charge in [0.2, 0.25) is 10.0 Å². The van der Waals surface area contributed by atoms with Crippen LogP contribution in [0.1, 0.15) is 60.7 Å². The van der Waals surface area contributed by atoms with Crippen molar-refractivity contribution in [2.75, 3.05) is 18.4 Å². The molecule has 172 valence electrons. The Balaban J connectivity index is 1.88. The number of nitrogens with zero attached hydrogens (tertiary/aromatic N) is 1. The maximum absolute atomic E-state index is 13.0. The van der Waals surface area contributed by atoms with Gasteiger partial charge in [0.1, 0.15) is 0 Å². The molecule has 1 saturated heterocycles. The maximum atomic E-state index is 13.0. The molecule has 0 saturated carbocycles. The molecule has 1 aliphatic heterocycles. The van der Waals surface area contributed by atoms with Crippen LogP contribution in [-0.2, 0) is 10.0 Å². The molecule has 0 aromatic heterocycles. The molecule has 2 N–H and O–H groups in total. The first kappa shape index (κ1) is 24.2. The SMILES string of the molecule is CC(C)(C)NC(=O)c1ccccc1NC(=O)c1cc(S(=O)(=O)N2CCCCC2)ccc1Cl. The summed E-state index contributed by atoms with van der Waals surface area (Å²) in [5.41, 5.74) is 0.175. The largest absolute Gasteiger partial charge is 0.347 e. The molecule has 0 radical (unpaired) electrons. The zero-order chi connectivity index (χ0) is 23.5. The number of benzene rings is 2. The number of hydrogen-bond donors (Lipinski definition) is 2. The standard InChI is InChI=1S/C23H28ClN3O4S/c1-23(2,3)26-22(29)17-9-5-6-10-20(17)25-21(28)18-15-16(11-12-19(18)24)32(30,31)27-13-7-4-8-14-27/h5-6,9-12,15H,4,7-8,13-14H2,1-3H3,(H,25,28)(H,26,29). The van der Waals surface area contributed by atoms with Crippen molar-refractivity contribution in [2.45, 2.75) is 50.5 Å². The molecule has 1 heterocycles. The lowest BCUT2D eigenvalue weighted by Crippen LogP contribution is -2.40. The maximum Gasteiger partial charge on any atom is 0.257 e. The van der Waals surface area contributed by atoms with Crippen molar-refractivity contribution in [3.63, 3.8) is 0 Å². The first-order valence-corrected chi connectivity index (χ1v) is 12.3. The third-order valence-electron chi connectivity index (χ3n) is 5.04. The predicted molar refractivity (Wildman–Crippen MR) is 126 cm³/mol. The van der Waals surface area contributed by atoms with E-state index >= 15 is 0 Å². The van der Waals surface area contributed by atoms with Crippen LogP contribution in [-0.4, -0.2) is 43.2 Å². The number of sulfonamides is 1. The second kappa shape index (κ2) is 9.60. The van der Waals surface area contributed by atoms with Gasteiger partial charge in [-0.1, -0.05) is 30.2 Å². The Kier molecular flexibility index (Phi) is 7.27. The average Bonchev–Trinajstić information content (AvgIpc) is 2.73. The van der Waals surface area contributed by atoms with Crippen LogP contribution in [0.5, 0.6) is 0 Å². The molecule has 0 atom stereocenters. The van der Waals surface area contributed by atoms with E-state index in [1.807, 2.05) is 20.8 Å². The summed E-state index contributed by atoms with van der Waals surface area (Å²) in [5, 5.41) is 5.69. The fraction of sp³-hybridized carbons (Fsp3) is 0.391. The zero-order valence-electron chi connectivity index (χ0n) is 18.4.